The number of nitrogens with zero attached hydrogens (tertiary/aromatic N) is 2. The predicted octanol–water partition coefficient (Wildman–Crippen LogP) is 3.03. The number of phenols is 2. The minimum absolute atomic E-state index is 0.0559. The summed E-state index contributed by atoms with van der Waals surface area (Å²) in [5.41, 5.74) is 8.32. The highest BCUT2D eigenvalue weighted by Gasteiger charge is 2.33. The number of hydrogen-bond acceptors (Lipinski definition) is 5. The minimum Gasteiger partial charge on any atom is -0.508 e. The number of benzene rings is 3. The van der Waals surface area contributed by atoms with Gasteiger partial charge in [0.25, 0.3) is 5.91 Å². The molecule has 0 radical (unpaired) electrons. The van der Waals surface area contributed by atoms with Crippen LogP contribution in [-0.2, 0) is 16.0 Å². The van der Waals surface area contributed by atoms with Crippen molar-refractivity contribution < 1.29 is 19.8 Å². The van der Waals surface area contributed by atoms with Crippen molar-refractivity contribution in [1.29, 1.82) is 0 Å². The largest absolute Gasteiger partial charge is 0.508 e. The van der Waals surface area contributed by atoms with E-state index >= 15 is 0 Å². The number of carbonyl (C=O) groups excluding carboxylic acids is 2. The van der Waals surface area contributed by atoms with Crippen molar-refractivity contribution in [3.05, 3.63) is 88.4 Å². The number of hydrogen-bond donors (Lipinski definition) is 3. The van der Waals surface area contributed by atoms with Gasteiger partial charge in [-0.05, 0) is 48.0 Å². The fourth-order valence-corrected chi connectivity index (χ4v) is 3.86. The lowest BCUT2D eigenvalue weighted by molar-refractivity contribution is -0.123. The van der Waals surface area contributed by atoms with Gasteiger partial charge in [0.15, 0.2) is 0 Å². The minimum atomic E-state index is -0.873. The Labute approximate surface area is 189 Å². The van der Waals surface area contributed by atoms with E-state index in [4.69, 9.17) is 22.3 Å². The third-order valence-electron chi connectivity index (χ3n) is 5.14. The van der Waals surface area contributed by atoms with E-state index in [9.17, 15) is 19.8 Å². The quantitative estimate of drug-likeness (QED) is 0.555. The second kappa shape index (κ2) is 8.72. The lowest BCUT2D eigenvalue weighted by atomic mass is 10.00. The van der Waals surface area contributed by atoms with Crippen molar-refractivity contribution in [2.24, 2.45) is 10.7 Å². The molecule has 4 rings (SSSR count). The Balaban J connectivity index is 1.90. The molecule has 0 fully saturated rings. The highest BCUT2D eigenvalue weighted by atomic mass is 35.5. The summed E-state index contributed by atoms with van der Waals surface area (Å²) < 4.78 is 0. The lowest BCUT2D eigenvalue weighted by Gasteiger charge is -2.24. The van der Waals surface area contributed by atoms with E-state index in [1.54, 1.807) is 54.6 Å². The molecule has 0 spiro atoms. The van der Waals surface area contributed by atoms with Crippen molar-refractivity contribution in [2.75, 3.05) is 11.4 Å². The molecule has 1 aliphatic heterocycles. The number of rotatable bonds is 5. The summed E-state index contributed by atoms with van der Waals surface area (Å²) in [6.07, 6.45) is 0.235. The molecule has 4 N–H and O–H groups in total. The molecule has 1 aliphatic rings. The number of amides is 2. The fourth-order valence-electron chi connectivity index (χ4n) is 3.70. The third-order valence-corrected chi connectivity index (χ3v) is 5.38. The van der Waals surface area contributed by atoms with Crippen LogP contribution < -0.4 is 10.6 Å². The average Bonchev–Trinajstić information content (AvgIpc) is 2.85. The summed E-state index contributed by atoms with van der Waals surface area (Å²) in [5.74, 6) is -0.910. The first-order valence-electron chi connectivity index (χ1n) is 9.86. The van der Waals surface area contributed by atoms with Crippen LogP contribution >= 0.6 is 11.6 Å². The molecule has 1 unspecified atom stereocenters. The van der Waals surface area contributed by atoms with Crippen molar-refractivity contribution in [3.63, 3.8) is 0 Å². The molecule has 3 aromatic carbocycles. The summed E-state index contributed by atoms with van der Waals surface area (Å²) in [5, 5.41) is 20.0. The number of phenolic OH excluding ortho intramolecular Hbond substituents is 2. The molecular formula is C24H20ClN3O4. The molecule has 1 atom stereocenters. The van der Waals surface area contributed by atoms with E-state index in [2.05, 4.69) is 0 Å². The molecule has 0 aromatic heterocycles. The van der Waals surface area contributed by atoms with Gasteiger partial charge in [0.1, 0.15) is 24.1 Å². The smallest absolute Gasteiger partial charge is 0.252 e. The summed E-state index contributed by atoms with van der Waals surface area (Å²) in [7, 11) is 0. The Morgan fingerprint density at radius 2 is 1.78 bits per heavy atom. The number of aliphatic imine (C=N–C) groups is 1. The predicted molar refractivity (Wildman–Crippen MR) is 122 cm³/mol. The maximum atomic E-state index is 13.5. The maximum Gasteiger partial charge on any atom is 0.252 e. The van der Waals surface area contributed by atoms with Crippen LogP contribution in [-0.4, -0.2) is 40.3 Å². The molecule has 0 aliphatic carbocycles. The lowest BCUT2D eigenvalue weighted by Crippen LogP contribution is -2.43. The van der Waals surface area contributed by atoms with E-state index in [0.29, 0.717) is 27.5 Å². The zero-order valence-corrected chi connectivity index (χ0v) is 17.7. The van der Waals surface area contributed by atoms with E-state index in [0.717, 1.165) is 5.56 Å². The van der Waals surface area contributed by atoms with E-state index < -0.39 is 17.9 Å². The van der Waals surface area contributed by atoms with Gasteiger partial charge < -0.3 is 20.8 Å². The van der Waals surface area contributed by atoms with Crippen LogP contribution in [0, 0.1) is 0 Å². The van der Waals surface area contributed by atoms with Gasteiger partial charge in [-0.1, -0.05) is 35.9 Å². The topological polar surface area (TPSA) is 116 Å². The van der Waals surface area contributed by atoms with E-state index in [-0.39, 0.29) is 24.5 Å². The molecule has 32 heavy (non-hydrogen) atoms. The summed E-state index contributed by atoms with van der Waals surface area (Å²) in [6, 6.07) is 17.2. The zero-order chi connectivity index (χ0) is 22.8. The summed E-state index contributed by atoms with van der Waals surface area (Å²) in [6.45, 7) is -0.332. The first-order chi connectivity index (χ1) is 15.3. The third kappa shape index (κ3) is 4.43. The highest BCUT2D eigenvalue weighted by Crippen LogP contribution is 2.32. The number of anilines is 1. The molecular weight excluding hydrogens is 430 g/mol. The Kier molecular flexibility index (Phi) is 5.83. The monoisotopic (exact) mass is 449 g/mol. The van der Waals surface area contributed by atoms with Crippen LogP contribution in [0.2, 0.25) is 5.02 Å². The fraction of sp³-hybridized carbons (Fsp3) is 0.125. The first-order valence-corrected chi connectivity index (χ1v) is 10.2. The molecule has 162 valence electrons. The first kappa shape index (κ1) is 21.4. The molecule has 0 bridgehead atoms. The number of primary amides is 1. The number of fused-ring (bicyclic) bond motifs is 1. The van der Waals surface area contributed by atoms with Crippen LogP contribution in [0.1, 0.15) is 16.7 Å². The number of benzodiazepines with no additional fused rings is 1. The van der Waals surface area contributed by atoms with E-state index in [1.807, 2.05) is 0 Å². The normalized spacial score (nSPS) is 15.7. The van der Waals surface area contributed by atoms with Gasteiger partial charge in [-0.2, -0.15) is 0 Å². The molecule has 0 saturated heterocycles. The van der Waals surface area contributed by atoms with Gasteiger partial charge in [0.05, 0.1) is 11.4 Å². The second-order valence-electron chi connectivity index (χ2n) is 7.47. The Hall–Kier alpha value is -3.84. The number of nitrogens with two attached hydrogens (primary N) is 1. The molecule has 1 heterocycles. The van der Waals surface area contributed by atoms with Gasteiger partial charge >= 0.3 is 0 Å². The Morgan fingerprint density at radius 3 is 2.47 bits per heavy atom. The number of halogens is 1. The molecule has 3 aromatic rings. The molecule has 7 nitrogen and oxygen atoms in total. The van der Waals surface area contributed by atoms with Crippen molar-refractivity contribution in [2.45, 2.75) is 12.5 Å². The van der Waals surface area contributed by atoms with Crippen LogP contribution in [0.15, 0.2) is 71.7 Å². The highest BCUT2D eigenvalue weighted by molar-refractivity contribution is 6.31. The van der Waals surface area contributed by atoms with Gasteiger partial charge in [-0.3, -0.25) is 14.6 Å². The molecule has 8 heteroatoms. The van der Waals surface area contributed by atoms with Crippen LogP contribution in [0.4, 0.5) is 5.69 Å². The maximum absolute atomic E-state index is 13.5. The van der Waals surface area contributed by atoms with Gasteiger partial charge in [0, 0.05) is 22.6 Å². The Morgan fingerprint density at radius 1 is 1.03 bits per heavy atom. The van der Waals surface area contributed by atoms with E-state index in [1.165, 1.54) is 17.0 Å². The summed E-state index contributed by atoms with van der Waals surface area (Å²) >= 11 is 6.22. The van der Waals surface area contributed by atoms with Gasteiger partial charge in [-0.15, -0.1) is 0 Å². The number of aromatic hydroxyl groups is 2. The average molecular weight is 450 g/mol. The molecule has 0 saturated carbocycles. The van der Waals surface area contributed by atoms with Crippen LogP contribution in [0.3, 0.4) is 0 Å². The zero-order valence-electron chi connectivity index (χ0n) is 16.9. The van der Waals surface area contributed by atoms with Gasteiger partial charge in [0.2, 0.25) is 5.91 Å². The Bertz CT molecular complexity index is 1220. The second-order valence-corrected chi connectivity index (χ2v) is 7.90. The SMILES string of the molecule is NC(=O)CN1C(=O)C(Cc2ccc(O)cc2)N=C(c2cccc(O)c2)c2ccc(Cl)cc21. The van der Waals surface area contributed by atoms with Crippen LogP contribution in [0.5, 0.6) is 11.5 Å². The standard InChI is InChI=1S/C24H20ClN3O4/c25-16-6-9-19-21(12-16)28(13-22(26)31)24(32)20(10-14-4-7-17(29)8-5-14)27-23(19)15-2-1-3-18(30)11-15/h1-9,11-12,20,29-30H,10,13H2,(H2,26,31). The van der Waals surface area contributed by atoms with Crippen molar-refractivity contribution in [3.8, 4) is 11.5 Å². The molecule has 2 amide bonds. The number of carbonyl (C=O) groups is 2. The van der Waals surface area contributed by atoms with Crippen molar-refractivity contribution in [1.82, 2.24) is 0 Å². The van der Waals surface area contributed by atoms with Crippen LogP contribution in [0.25, 0.3) is 0 Å². The summed E-state index contributed by atoms with van der Waals surface area (Å²) in [4.78, 5) is 31.4. The van der Waals surface area contributed by atoms with Gasteiger partial charge in [-0.25, -0.2) is 0 Å². The van der Waals surface area contributed by atoms with Crippen molar-refractivity contribution >= 4 is 34.8 Å².